The maximum absolute atomic E-state index is 4.91. The molecule has 2 heterocycles. The Kier molecular flexibility index (Phi) is 2.83. The molecule has 0 saturated carbocycles. The molecular weight excluding hydrogens is 266 g/mol. The topological polar surface area (TPSA) is 51.0 Å². The monoisotopic (exact) mass is 273 g/mol. The lowest BCUT2D eigenvalue weighted by atomic mass is 10.3. The second-order valence-corrected chi connectivity index (χ2v) is 5.05. The van der Waals surface area contributed by atoms with Crippen molar-refractivity contribution in [1.29, 1.82) is 0 Å². The number of thiophene rings is 1. The first-order valence-electron chi connectivity index (χ1n) is 4.01. The van der Waals surface area contributed by atoms with Crippen LogP contribution in [0.25, 0.3) is 0 Å². The Balaban J connectivity index is 1.94. The van der Waals surface area contributed by atoms with Crippen LogP contribution in [-0.2, 0) is 6.54 Å². The Labute approximate surface area is 93.5 Å². The van der Waals surface area contributed by atoms with Crippen molar-refractivity contribution >= 4 is 33.3 Å². The summed E-state index contributed by atoms with van der Waals surface area (Å²) in [6, 6.07) is 2.52. The molecule has 2 aromatic heterocycles. The highest BCUT2D eigenvalue weighted by Gasteiger charge is 2.02. The molecule has 0 fully saturated rings. The minimum absolute atomic E-state index is 0.463. The predicted octanol–water partition coefficient (Wildman–Crippen LogP) is 2.81. The van der Waals surface area contributed by atoms with Gasteiger partial charge in [0.25, 0.3) is 0 Å². The fraction of sp³-hybridized carbons (Fsp3) is 0.250. The SMILES string of the molecule is Cc1noc(NCc2csc(Br)c2)n1. The molecule has 74 valence electrons. The van der Waals surface area contributed by atoms with Crippen molar-refractivity contribution in [1.82, 2.24) is 10.1 Å². The Hall–Kier alpha value is -0.880. The van der Waals surface area contributed by atoms with Crippen molar-refractivity contribution in [2.75, 3.05) is 5.32 Å². The molecule has 0 amide bonds. The molecule has 2 rings (SSSR count). The maximum Gasteiger partial charge on any atom is 0.321 e. The molecule has 6 heteroatoms. The molecule has 0 aliphatic heterocycles. The van der Waals surface area contributed by atoms with Crippen LogP contribution >= 0.6 is 27.3 Å². The maximum atomic E-state index is 4.91. The summed E-state index contributed by atoms with van der Waals surface area (Å²) < 4.78 is 6.03. The first kappa shape index (κ1) is 9.67. The summed E-state index contributed by atoms with van der Waals surface area (Å²) in [5.74, 6) is 0.638. The first-order valence-corrected chi connectivity index (χ1v) is 5.68. The third-order valence-corrected chi connectivity index (χ3v) is 3.15. The number of hydrogen-bond acceptors (Lipinski definition) is 5. The molecule has 0 aliphatic rings. The number of aromatic nitrogens is 2. The molecular formula is C8H8BrN3OS. The van der Waals surface area contributed by atoms with Gasteiger partial charge in [0.05, 0.1) is 3.79 Å². The minimum Gasteiger partial charge on any atom is -0.334 e. The van der Waals surface area contributed by atoms with E-state index < -0.39 is 0 Å². The van der Waals surface area contributed by atoms with Crippen molar-refractivity contribution in [3.05, 3.63) is 26.6 Å². The lowest BCUT2D eigenvalue weighted by molar-refractivity contribution is 0.425. The van der Waals surface area contributed by atoms with Crippen LogP contribution in [0.15, 0.2) is 19.8 Å². The van der Waals surface area contributed by atoms with Gasteiger partial charge in [-0.15, -0.1) is 11.3 Å². The molecule has 2 aromatic rings. The van der Waals surface area contributed by atoms with E-state index >= 15 is 0 Å². The summed E-state index contributed by atoms with van der Waals surface area (Å²) in [6.07, 6.45) is 0. The smallest absolute Gasteiger partial charge is 0.321 e. The molecule has 0 saturated heterocycles. The number of aryl methyl sites for hydroxylation is 1. The van der Waals surface area contributed by atoms with Crippen LogP contribution in [-0.4, -0.2) is 10.1 Å². The Bertz CT molecular complexity index is 385. The fourth-order valence-electron chi connectivity index (χ4n) is 0.985. The molecule has 0 spiro atoms. The van der Waals surface area contributed by atoms with Gasteiger partial charge in [-0.05, 0) is 39.9 Å². The van der Waals surface area contributed by atoms with Crippen LogP contribution in [0.3, 0.4) is 0 Å². The second kappa shape index (κ2) is 4.10. The van der Waals surface area contributed by atoms with E-state index in [4.69, 9.17) is 4.52 Å². The molecule has 1 N–H and O–H groups in total. The molecule has 0 aliphatic carbocycles. The number of hydrogen-bond donors (Lipinski definition) is 1. The van der Waals surface area contributed by atoms with Gasteiger partial charge in [0.1, 0.15) is 0 Å². The van der Waals surface area contributed by atoms with Gasteiger partial charge in [0, 0.05) is 6.54 Å². The molecule has 0 radical (unpaired) electrons. The van der Waals surface area contributed by atoms with Gasteiger partial charge in [0.2, 0.25) is 0 Å². The zero-order valence-corrected chi connectivity index (χ0v) is 9.85. The third kappa shape index (κ3) is 2.33. The molecule has 0 atom stereocenters. The van der Waals surface area contributed by atoms with E-state index in [1.165, 1.54) is 5.56 Å². The molecule has 0 unspecified atom stereocenters. The fourth-order valence-corrected chi connectivity index (χ4v) is 2.19. The van der Waals surface area contributed by atoms with E-state index in [9.17, 15) is 0 Å². The van der Waals surface area contributed by atoms with Gasteiger partial charge < -0.3 is 9.84 Å². The minimum atomic E-state index is 0.463. The summed E-state index contributed by atoms with van der Waals surface area (Å²) in [6.45, 7) is 2.49. The van der Waals surface area contributed by atoms with E-state index in [1.54, 1.807) is 18.3 Å². The Morgan fingerprint density at radius 3 is 3.07 bits per heavy atom. The number of rotatable bonds is 3. The highest BCUT2D eigenvalue weighted by Crippen LogP contribution is 2.21. The normalized spacial score (nSPS) is 10.4. The third-order valence-electron chi connectivity index (χ3n) is 1.59. The number of nitrogens with zero attached hydrogens (tertiary/aromatic N) is 2. The zero-order chi connectivity index (χ0) is 9.97. The number of halogens is 1. The lowest BCUT2D eigenvalue weighted by Gasteiger charge is -1.96. The van der Waals surface area contributed by atoms with E-state index in [2.05, 4.69) is 42.8 Å². The summed E-state index contributed by atoms with van der Waals surface area (Å²) in [5.41, 5.74) is 1.19. The van der Waals surface area contributed by atoms with Crippen molar-refractivity contribution < 1.29 is 4.52 Å². The van der Waals surface area contributed by atoms with Gasteiger partial charge >= 0.3 is 6.01 Å². The van der Waals surface area contributed by atoms with Crippen LogP contribution in [0.5, 0.6) is 0 Å². The van der Waals surface area contributed by atoms with Gasteiger partial charge in [-0.1, -0.05) is 5.16 Å². The average molecular weight is 274 g/mol. The Morgan fingerprint density at radius 2 is 2.50 bits per heavy atom. The summed E-state index contributed by atoms with van der Waals surface area (Å²) >= 11 is 5.06. The van der Waals surface area contributed by atoms with Crippen LogP contribution in [0, 0.1) is 6.92 Å². The van der Waals surface area contributed by atoms with Crippen molar-refractivity contribution in [2.24, 2.45) is 0 Å². The Morgan fingerprint density at radius 1 is 1.64 bits per heavy atom. The molecule has 14 heavy (non-hydrogen) atoms. The zero-order valence-electron chi connectivity index (χ0n) is 7.45. The van der Waals surface area contributed by atoms with E-state index in [-0.39, 0.29) is 0 Å². The number of nitrogens with one attached hydrogen (secondary N) is 1. The second-order valence-electron chi connectivity index (χ2n) is 2.76. The van der Waals surface area contributed by atoms with Crippen molar-refractivity contribution in [3.8, 4) is 0 Å². The van der Waals surface area contributed by atoms with Gasteiger partial charge in [-0.2, -0.15) is 4.98 Å². The van der Waals surface area contributed by atoms with Crippen LogP contribution in [0.4, 0.5) is 6.01 Å². The van der Waals surface area contributed by atoms with Crippen LogP contribution in [0.1, 0.15) is 11.4 Å². The lowest BCUT2D eigenvalue weighted by Crippen LogP contribution is -1.97. The number of anilines is 1. The average Bonchev–Trinajstić information content (AvgIpc) is 2.72. The highest BCUT2D eigenvalue weighted by atomic mass is 79.9. The summed E-state index contributed by atoms with van der Waals surface area (Å²) in [4.78, 5) is 4.04. The van der Waals surface area contributed by atoms with Gasteiger partial charge in [-0.25, -0.2) is 0 Å². The molecule has 0 aromatic carbocycles. The summed E-state index contributed by atoms with van der Waals surface area (Å²) in [7, 11) is 0. The van der Waals surface area contributed by atoms with Crippen LogP contribution < -0.4 is 5.32 Å². The van der Waals surface area contributed by atoms with Crippen molar-refractivity contribution in [3.63, 3.8) is 0 Å². The molecule has 0 bridgehead atoms. The van der Waals surface area contributed by atoms with E-state index in [0.29, 0.717) is 18.4 Å². The molecule has 4 nitrogen and oxygen atoms in total. The standard InChI is InChI=1S/C8H8BrN3OS/c1-5-11-8(13-12-5)10-3-6-2-7(9)14-4-6/h2,4H,3H2,1H3,(H,10,11,12). The quantitative estimate of drug-likeness (QED) is 0.935. The van der Waals surface area contributed by atoms with E-state index in [0.717, 1.165) is 3.79 Å². The summed E-state index contributed by atoms with van der Waals surface area (Å²) in [5, 5.41) is 8.79. The van der Waals surface area contributed by atoms with Gasteiger partial charge in [0.15, 0.2) is 5.82 Å². The van der Waals surface area contributed by atoms with Crippen molar-refractivity contribution in [2.45, 2.75) is 13.5 Å². The van der Waals surface area contributed by atoms with E-state index in [1.807, 2.05) is 0 Å². The largest absolute Gasteiger partial charge is 0.334 e. The highest BCUT2D eigenvalue weighted by molar-refractivity contribution is 9.11. The van der Waals surface area contributed by atoms with Crippen LogP contribution in [0.2, 0.25) is 0 Å². The first-order chi connectivity index (χ1) is 6.74. The predicted molar refractivity (Wildman–Crippen MR) is 58.4 cm³/mol. The van der Waals surface area contributed by atoms with Gasteiger partial charge in [-0.3, -0.25) is 0 Å².